The van der Waals surface area contributed by atoms with Crippen LogP contribution in [-0.4, -0.2) is 21.6 Å². The van der Waals surface area contributed by atoms with Crippen molar-refractivity contribution in [2.45, 2.75) is 39.7 Å². The molecule has 0 saturated heterocycles. The number of carbonyl (C=O) groups is 1. The van der Waals surface area contributed by atoms with Crippen molar-refractivity contribution >= 4 is 22.4 Å². The lowest BCUT2D eigenvalue weighted by Gasteiger charge is -2.23. The van der Waals surface area contributed by atoms with Crippen molar-refractivity contribution in [3.8, 4) is 0 Å². The average molecular weight is 228 g/mol. The Morgan fingerprint density at radius 1 is 1.53 bits per heavy atom. The van der Waals surface area contributed by atoms with E-state index >= 15 is 0 Å². The summed E-state index contributed by atoms with van der Waals surface area (Å²) in [6, 6.07) is 0. The summed E-state index contributed by atoms with van der Waals surface area (Å²) in [5, 5.41) is 12.7. The average Bonchev–Trinajstić information content (AvgIpc) is 2.25. The summed E-state index contributed by atoms with van der Waals surface area (Å²) in [6.45, 7) is 7.66. The highest BCUT2D eigenvalue weighted by atomic mass is 32.1. The third-order valence-electron chi connectivity index (χ3n) is 2.07. The van der Waals surface area contributed by atoms with E-state index in [-0.39, 0.29) is 6.42 Å². The fraction of sp³-hybridized carbons (Fsp3) is 0.600. The molecule has 0 aliphatic rings. The van der Waals surface area contributed by atoms with Gasteiger partial charge in [0.15, 0.2) is 5.13 Å². The van der Waals surface area contributed by atoms with E-state index in [4.69, 9.17) is 5.11 Å². The van der Waals surface area contributed by atoms with Gasteiger partial charge in [-0.15, -0.1) is 11.3 Å². The Bertz CT molecular complexity index is 352. The normalized spacial score (nSPS) is 11.5. The Kier molecular flexibility index (Phi) is 3.34. The number of aryl methyl sites for hydroxylation is 2. The van der Waals surface area contributed by atoms with Crippen molar-refractivity contribution in [3.63, 3.8) is 0 Å². The van der Waals surface area contributed by atoms with Crippen molar-refractivity contribution in [1.82, 2.24) is 4.98 Å². The Labute approximate surface area is 93.4 Å². The fourth-order valence-electron chi connectivity index (χ4n) is 1.24. The molecule has 1 rings (SSSR count). The third kappa shape index (κ3) is 3.51. The predicted molar refractivity (Wildman–Crippen MR) is 61.5 cm³/mol. The van der Waals surface area contributed by atoms with Gasteiger partial charge in [-0.3, -0.25) is 4.79 Å². The molecule has 0 aromatic carbocycles. The molecule has 0 radical (unpaired) electrons. The first-order valence-corrected chi connectivity index (χ1v) is 5.56. The number of hydrogen-bond acceptors (Lipinski definition) is 4. The molecule has 5 heteroatoms. The van der Waals surface area contributed by atoms with Gasteiger partial charge < -0.3 is 10.4 Å². The van der Waals surface area contributed by atoms with Gasteiger partial charge in [-0.05, 0) is 27.7 Å². The van der Waals surface area contributed by atoms with Crippen LogP contribution in [0.2, 0.25) is 0 Å². The molecule has 84 valence electrons. The second-order valence-electron chi connectivity index (χ2n) is 4.24. The first kappa shape index (κ1) is 12.0. The summed E-state index contributed by atoms with van der Waals surface area (Å²) < 4.78 is 0. The molecule has 0 bridgehead atoms. The number of nitrogens with one attached hydrogen (secondary N) is 1. The van der Waals surface area contributed by atoms with E-state index in [0.717, 1.165) is 15.7 Å². The monoisotopic (exact) mass is 228 g/mol. The molecule has 0 unspecified atom stereocenters. The Morgan fingerprint density at radius 2 is 2.13 bits per heavy atom. The smallest absolute Gasteiger partial charge is 0.305 e. The molecule has 1 heterocycles. The largest absolute Gasteiger partial charge is 0.481 e. The van der Waals surface area contributed by atoms with E-state index in [1.807, 2.05) is 27.7 Å². The first-order chi connectivity index (χ1) is 6.80. The molecule has 4 nitrogen and oxygen atoms in total. The van der Waals surface area contributed by atoms with Crippen LogP contribution in [0.5, 0.6) is 0 Å². The number of hydrogen-bond donors (Lipinski definition) is 2. The van der Waals surface area contributed by atoms with Crippen molar-refractivity contribution in [2.75, 3.05) is 5.32 Å². The molecule has 0 aliphatic carbocycles. The summed E-state index contributed by atoms with van der Waals surface area (Å²) in [5.41, 5.74) is 0.524. The van der Waals surface area contributed by atoms with Crippen LogP contribution in [0.1, 0.15) is 30.8 Å². The molecule has 0 saturated carbocycles. The lowest BCUT2D eigenvalue weighted by molar-refractivity contribution is -0.137. The Morgan fingerprint density at radius 3 is 2.53 bits per heavy atom. The van der Waals surface area contributed by atoms with Crippen LogP contribution >= 0.6 is 11.3 Å². The summed E-state index contributed by atoms with van der Waals surface area (Å²) >= 11 is 1.55. The van der Waals surface area contributed by atoms with Gasteiger partial charge in [0.25, 0.3) is 0 Å². The highest BCUT2D eigenvalue weighted by Crippen LogP contribution is 2.25. The maximum Gasteiger partial charge on any atom is 0.305 e. The second-order valence-corrected chi connectivity index (χ2v) is 5.44. The van der Waals surface area contributed by atoms with Gasteiger partial charge in [0, 0.05) is 10.4 Å². The van der Waals surface area contributed by atoms with E-state index in [0.29, 0.717) is 0 Å². The number of nitrogens with zero attached hydrogens (tertiary/aromatic N) is 1. The van der Waals surface area contributed by atoms with Crippen molar-refractivity contribution in [3.05, 3.63) is 10.6 Å². The van der Waals surface area contributed by atoms with Gasteiger partial charge in [-0.2, -0.15) is 0 Å². The molecular formula is C10H16N2O2S. The molecule has 15 heavy (non-hydrogen) atoms. The van der Waals surface area contributed by atoms with Crippen LogP contribution < -0.4 is 5.32 Å². The zero-order valence-electron chi connectivity index (χ0n) is 9.42. The van der Waals surface area contributed by atoms with Gasteiger partial charge in [-0.1, -0.05) is 0 Å². The zero-order valence-corrected chi connectivity index (χ0v) is 10.2. The summed E-state index contributed by atoms with van der Waals surface area (Å²) in [4.78, 5) is 16.1. The SMILES string of the molecule is Cc1nc(NC(C)(C)CC(=O)O)sc1C. The molecule has 0 fully saturated rings. The van der Waals surface area contributed by atoms with E-state index in [2.05, 4.69) is 10.3 Å². The fourth-order valence-corrected chi connectivity index (χ4v) is 2.23. The van der Waals surface area contributed by atoms with E-state index in [9.17, 15) is 4.79 Å². The number of aromatic nitrogens is 1. The van der Waals surface area contributed by atoms with Crippen LogP contribution in [-0.2, 0) is 4.79 Å². The molecular weight excluding hydrogens is 212 g/mol. The summed E-state index contributed by atoms with van der Waals surface area (Å²) in [6.07, 6.45) is 0.0741. The van der Waals surface area contributed by atoms with E-state index < -0.39 is 11.5 Å². The minimum Gasteiger partial charge on any atom is -0.481 e. The van der Waals surface area contributed by atoms with Gasteiger partial charge in [-0.25, -0.2) is 4.98 Å². The molecule has 0 spiro atoms. The molecule has 1 aromatic rings. The van der Waals surface area contributed by atoms with Gasteiger partial charge >= 0.3 is 5.97 Å². The number of rotatable bonds is 4. The van der Waals surface area contributed by atoms with Crippen LogP contribution in [0.3, 0.4) is 0 Å². The highest BCUT2D eigenvalue weighted by molar-refractivity contribution is 7.15. The molecule has 1 aromatic heterocycles. The zero-order chi connectivity index (χ0) is 11.6. The second kappa shape index (κ2) is 4.18. The van der Waals surface area contributed by atoms with Crippen LogP contribution in [0.15, 0.2) is 0 Å². The maximum absolute atomic E-state index is 10.6. The maximum atomic E-state index is 10.6. The van der Waals surface area contributed by atoms with Gasteiger partial charge in [0.1, 0.15) is 0 Å². The highest BCUT2D eigenvalue weighted by Gasteiger charge is 2.22. The lowest BCUT2D eigenvalue weighted by Crippen LogP contribution is -2.33. The molecule has 0 amide bonds. The molecule has 0 aliphatic heterocycles. The van der Waals surface area contributed by atoms with Crippen LogP contribution in [0.25, 0.3) is 0 Å². The Hall–Kier alpha value is -1.10. The van der Waals surface area contributed by atoms with Crippen LogP contribution in [0.4, 0.5) is 5.13 Å². The lowest BCUT2D eigenvalue weighted by atomic mass is 10.0. The summed E-state index contributed by atoms with van der Waals surface area (Å²) in [7, 11) is 0. The van der Waals surface area contributed by atoms with E-state index in [1.54, 1.807) is 11.3 Å². The number of aliphatic carboxylic acids is 1. The number of thiazole rings is 1. The topological polar surface area (TPSA) is 62.2 Å². The number of carboxylic acid groups (broad SMARTS) is 1. The third-order valence-corrected chi connectivity index (χ3v) is 3.06. The number of carboxylic acids is 1. The molecule has 0 atom stereocenters. The van der Waals surface area contributed by atoms with Crippen LogP contribution in [0, 0.1) is 13.8 Å². The summed E-state index contributed by atoms with van der Waals surface area (Å²) in [5.74, 6) is -0.808. The quantitative estimate of drug-likeness (QED) is 0.830. The standard InChI is InChI=1S/C10H16N2O2S/c1-6-7(2)15-9(11-6)12-10(3,4)5-8(13)14/h5H2,1-4H3,(H,11,12)(H,13,14). The van der Waals surface area contributed by atoms with Crippen molar-refractivity contribution in [2.24, 2.45) is 0 Å². The Balaban J connectivity index is 2.72. The van der Waals surface area contributed by atoms with Gasteiger partial charge in [0.2, 0.25) is 0 Å². The first-order valence-electron chi connectivity index (χ1n) is 4.74. The van der Waals surface area contributed by atoms with Crippen molar-refractivity contribution < 1.29 is 9.90 Å². The minimum absolute atomic E-state index is 0.0741. The predicted octanol–water partition coefficient (Wildman–Crippen LogP) is 2.43. The number of anilines is 1. The van der Waals surface area contributed by atoms with Gasteiger partial charge in [0.05, 0.1) is 12.1 Å². The molecule has 2 N–H and O–H groups in total. The van der Waals surface area contributed by atoms with E-state index in [1.165, 1.54) is 0 Å². The van der Waals surface area contributed by atoms with Crippen molar-refractivity contribution in [1.29, 1.82) is 0 Å². The minimum atomic E-state index is -0.808.